The molecule has 1 aliphatic rings. The Hall–Kier alpha value is -4.24. The largest absolute Gasteiger partial charge is 0.465 e. The molecule has 3 aromatic carbocycles. The number of halogens is 1. The van der Waals surface area contributed by atoms with Gasteiger partial charge in [-0.15, -0.1) is 0 Å². The van der Waals surface area contributed by atoms with Crippen LogP contribution in [0.3, 0.4) is 0 Å². The molecule has 1 atom stereocenters. The number of carbonyl (C=O) groups is 3. The molecule has 1 heterocycles. The number of hydrogen-bond acceptors (Lipinski definition) is 5. The Morgan fingerprint density at radius 3 is 2.42 bits per heavy atom. The van der Waals surface area contributed by atoms with Crippen molar-refractivity contribution in [3.8, 4) is 11.5 Å². The van der Waals surface area contributed by atoms with Gasteiger partial charge in [0.15, 0.2) is 0 Å². The normalized spacial score (nSPS) is 14.6. The van der Waals surface area contributed by atoms with Crippen LogP contribution in [0.4, 0.5) is 10.5 Å². The summed E-state index contributed by atoms with van der Waals surface area (Å²) in [5.41, 5.74) is 1.54. The van der Waals surface area contributed by atoms with E-state index < -0.39 is 6.09 Å². The first-order valence-corrected chi connectivity index (χ1v) is 12.6. The summed E-state index contributed by atoms with van der Waals surface area (Å²) < 4.78 is 5.86. The van der Waals surface area contributed by atoms with Crippen molar-refractivity contribution in [2.75, 3.05) is 31.1 Å². The van der Waals surface area contributed by atoms with E-state index in [0.717, 1.165) is 5.56 Å². The van der Waals surface area contributed by atoms with E-state index in [1.807, 2.05) is 42.5 Å². The predicted molar refractivity (Wildman–Crippen MR) is 145 cm³/mol. The van der Waals surface area contributed by atoms with Gasteiger partial charge in [0.2, 0.25) is 11.8 Å². The Balaban J connectivity index is 1.43. The first kappa shape index (κ1) is 26.8. The summed E-state index contributed by atoms with van der Waals surface area (Å²) in [7, 11) is 0. The number of nitrogens with one attached hydrogen (secondary N) is 2. The van der Waals surface area contributed by atoms with Crippen molar-refractivity contribution in [3.05, 3.63) is 89.4 Å². The van der Waals surface area contributed by atoms with Crippen LogP contribution in [-0.2, 0) is 16.1 Å². The van der Waals surface area contributed by atoms with Gasteiger partial charge in [0, 0.05) is 30.3 Å². The zero-order valence-corrected chi connectivity index (χ0v) is 21.4. The highest BCUT2D eigenvalue weighted by Crippen LogP contribution is 2.25. The van der Waals surface area contributed by atoms with Crippen molar-refractivity contribution < 1.29 is 24.2 Å². The summed E-state index contributed by atoms with van der Waals surface area (Å²) in [6.07, 6.45) is -0.566. The van der Waals surface area contributed by atoms with Crippen LogP contribution in [0.15, 0.2) is 78.9 Å². The number of amides is 3. The van der Waals surface area contributed by atoms with Crippen LogP contribution in [0.2, 0.25) is 5.02 Å². The van der Waals surface area contributed by atoms with E-state index in [-0.39, 0.29) is 30.9 Å². The lowest BCUT2D eigenvalue weighted by Gasteiger charge is -2.26. The van der Waals surface area contributed by atoms with Gasteiger partial charge in [-0.3, -0.25) is 9.59 Å². The third kappa shape index (κ3) is 7.88. The third-order valence-electron chi connectivity index (χ3n) is 6.09. The molecule has 0 spiro atoms. The SMILES string of the molecule is O=C(O)NC1CCN(C(=O)CN(CC(=O)NCc2cccc(Cl)c2)c2ccc(Oc3ccccc3)cc2)C1. The van der Waals surface area contributed by atoms with Crippen molar-refractivity contribution in [2.45, 2.75) is 19.0 Å². The molecule has 1 aliphatic heterocycles. The van der Waals surface area contributed by atoms with Gasteiger partial charge in [-0.05, 0) is 60.5 Å². The molecular weight excluding hydrogens is 508 g/mol. The summed E-state index contributed by atoms with van der Waals surface area (Å²) in [6, 6.07) is 23.5. The number of para-hydroxylation sites is 1. The third-order valence-corrected chi connectivity index (χ3v) is 6.32. The molecule has 1 saturated heterocycles. The van der Waals surface area contributed by atoms with Gasteiger partial charge in [-0.1, -0.05) is 41.9 Å². The Kier molecular flexibility index (Phi) is 9.05. The average Bonchev–Trinajstić information content (AvgIpc) is 3.36. The van der Waals surface area contributed by atoms with Crippen LogP contribution in [-0.4, -0.2) is 60.1 Å². The maximum Gasteiger partial charge on any atom is 0.404 e. The van der Waals surface area contributed by atoms with Crippen molar-refractivity contribution in [3.63, 3.8) is 0 Å². The summed E-state index contributed by atoms with van der Waals surface area (Å²) in [4.78, 5) is 40.2. The maximum atomic E-state index is 13.1. The Morgan fingerprint density at radius 1 is 0.974 bits per heavy atom. The number of ether oxygens (including phenoxy) is 1. The molecule has 0 bridgehead atoms. The summed E-state index contributed by atoms with van der Waals surface area (Å²) in [5.74, 6) is 0.881. The molecule has 3 N–H and O–H groups in total. The number of hydrogen-bond donors (Lipinski definition) is 3. The van der Waals surface area contributed by atoms with Gasteiger partial charge >= 0.3 is 6.09 Å². The molecule has 0 radical (unpaired) electrons. The van der Waals surface area contributed by atoms with Gasteiger partial charge in [0.25, 0.3) is 0 Å². The molecule has 1 unspecified atom stereocenters. The second-order valence-corrected chi connectivity index (χ2v) is 9.38. The highest BCUT2D eigenvalue weighted by atomic mass is 35.5. The van der Waals surface area contributed by atoms with Crippen molar-refractivity contribution >= 4 is 35.2 Å². The molecule has 10 heteroatoms. The molecule has 0 aromatic heterocycles. The number of benzene rings is 3. The lowest BCUT2D eigenvalue weighted by atomic mass is 10.2. The second-order valence-electron chi connectivity index (χ2n) is 8.95. The van der Waals surface area contributed by atoms with Crippen LogP contribution in [0, 0.1) is 0 Å². The first-order chi connectivity index (χ1) is 18.4. The number of nitrogens with zero attached hydrogens (tertiary/aromatic N) is 2. The average molecular weight is 537 g/mol. The highest BCUT2D eigenvalue weighted by molar-refractivity contribution is 6.30. The van der Waals surface area contributed by atoms with Crippen molar-refractivity contribution in [2.24, 2.45) is 0 Å². The number of rotatable bonds is 10. The zero-order valence-electron chi connectivity index (χ0n) is 20.7. The van der Waals surface area contributed by atoms with Crippen LogP contribution < -0.4 is 20.3 Å². The van der Waals surface area contributed by atoms with Crippen LogP contribution in [0.25, 0.3) is 0 Å². The van der Waals surface area contributed by atoms with Gasteiger partial charge < -0.3 is 30.3 Å². The van der Waals surface area contributed by atoms with E-state index in [1.54, 1.807) is 46.2 Å². The monoisotopic (exact) mass is 536 g/mol. The minimum atomic E-state index is -1.11. The Bertz CT molecular complexity index is 1260. The molecule has 38 heavy (non-hydrogen) atoms. The summed E-state index contributed by atoms with van der Waals surface area (Å²) in [6.45, 7) is 0.963. The number of carboxylic acid groups (broad SMARTS) is 1. The standard InChI is InChI=1S/C28H29ClN4O5/c29-21-6-4-5-20(15-21)16-30-26(34)18-33(19-27(35)32-14-13-22(17-32)31-28(36)37)23-9-11-25(12-10-23)38-24-7-2-1-3-8-24/h1-12,15,22,31H,13-14,16-19H2,(H,30,34)(H,36,37). The van der Waals surface area contributed by atoms with Crippen LogP contribution >= 0.6 is 11.6 Å². The fraction of sp³-hybridized carbons (Fsp3) is 0.250. The van der Waals surface area contributed by atoms with E-state index in [0.29, 0.717) is 48.3 Å². The number of likely N-dealkylation sites (tertiary alicyclic amines) is 1. The summed E-state index contributed by atoms with van der Waals surface area (Å²) >= 11 is 6.04. The Labute approximate surface area is 226 Å². The van der Waals surface area contributed by atoms with E-state index in [2.05, 4.69) is 10.6 Å². The molecule has 3 amide bonds. The van der Waals surface area contributed by atoms with E-state index in [9.17, 15) is 14.4 Å². The number of anilines is 1. The molecule has 4 rings (SSSR count). The molecule has 3 aromatic rings. The van der Waals surface area contributed by atoms with Gasteiger partial charge in [0.05, 0.1) is 19.1 Å². The second kappa shape index (κ2) is 12.8. The lowest BCUT2D eigenvalue weighted by Crippen LogP contribution is -2.45. The van der Waals surface area contributed by atoms with Crippen LogP contribution in [0.1, 0.15) is 12.0 Å². The maximum absolute atomic E-state index is 13.1. The zero-order chi connectivity index (χ0) is 26.9. The minimum absolute atomic E-state index is 0.0384. The predicted octanol–water partition coefficient (Wildman–Crippen LogP) is 4.12. The summed E-state index contributed by atoms with van der Waals surface area (Å²) in [5, 5.41) is 14.9. The van der Waals surface area contributed by atoms with Gasteiger partial charge in [-0.2, -0.15) is 0 Å². The van der Waals surface area contributed by atoms with Gasteiger partial charge in [0.1, 0.15) is 11.5 Å². The quantitative estimate of drug-likeness (QED) is 0.359. The Morgan fingerprint density at radius 2 is 1.71 bits per heavy atom. The van der Waals surface area contributed by atoms with Crippen molar-refractivity contribution in [1.82, 2.24) is 15.5 Å². The molecular formula is C28H29ClN4O5. The smallest absolute Gasteiger partial charge is 0.404 e. The molecule has 198 valence electrons. The minimum Gasteiger partial charge on any atom is -0.465 e. The first-order valence-electron chi connectivity index (χ1n) is 12.2. The van der Waals surface area contributed by atoms with E-state index in [1.165, 1.54) is 0 Å². The highest BCUT2D eigenvalue weighted by Gasteiger charge is 2.28. The van der Waals surface area contributed by atoms with Gasteiger partial charge in [-0.25, -0.2) is 4.79 Å². The fourth-order valence-corrected chi connectivity index (χ4v) is 4.42. The molecule has 9 nitrogen and oxygen atoms in total. The molecule has 0 aliphatic carbocycles. The topological polar surface area (TPSA) is 111 Å². The van der Waals surface area contributed by atoms with Crippen LogP contribution in [0.5, 0.6) is 11.5 Å². The molecule has 0 saturated carbocycles. The number of carbonyl (C=O) groups excluding carboxylic acids is 2. The van der Waals surface area contributed by atoms with Crippen molar-refractivity contribution in [1.29, 1.82) is 0 Å². The van der Waals surface area contributed by atoms with E-state index in [4.69, 9.17) is 21.4 Å². The lowest BCUT2D eigenvalue weighted by molar-refractivity contribution is -0.128. The fourth-order valence-electron chi connectivity index (χ4n) is 4.21. The molecule has 1 fully saturated rings. The van der Waals surface area contributed by atoms with E-state index >= 15 is 0 Å².